The molecule has 0 aromatic heterocycles. The molecular formula is C15H29NO. The van der Waals surface area contributed by atoms with Crippen molar-refractivity contribution in [1.82, 2.24) is 4.90 Å². The summed E-state index contributed by atoms with van der Waals surface area (Å²) < 4.78 is 0. The van der Waals surface area contributed by atoms with Gasteiger partial charge in [0.1, 0.15) is 0 Å². The number of nitrogens with zero attached hydrogens (tertiary/aromatic N) is 1. The molecule has 2 nitrogen and oxygen atoms in total. The van der Waals surface area contributed by atoms with Gasteiger partial charge in [-0.3, -0.25) is 4.79 Å². The lowest BCUT2D eigenvalue weighted by molar-refractivity contribution is -0.130. The minimum Gasteiger partial charge on any atom is -0.349 e. The Morgan fingerprint density at radius 2 is 1.76 bits per heavy atom. The summed E-state index contributed by atoms with van der Waals surface area (Å²) in [5.74, 6) is 1.76. The Morgan fingerprint density at radius 1 is 1.18 bits per heavy atom. The maximum atomic E-state index is 11.7. The standard InChI is InChI=1S/C15H29NO/c1-15(2,3)11-13-8-6-7-12(9-13)10-14(17)16(4)5/h12-13H,6-11H2,1-5H3. The van der Waals surface area contributed by atoms with Crippen LogP contribution in [0.4, 0.5) is 0 Å². The van der Waals surface area contributed by atoms with Crippen LogP contribution in [0.1, 0.15) is 59.3 Å². The van der Waals surface area contributed by atoms with E-state index in [9.17, 15) is 4.79 Å². The summed E-state index contributed by atoms with van der Waals surface area (Å²) in [7, 11) is 3.72. The molecule has 1 amide bonds. The zero-order chi connectivity index (χ0) is 13.1. The molecule has 0 heterocycles. The molecule has 0 aromatic rings. The fraction of sp³-hybridized carbons (Fsp3) is 0.933. The molecule has 2 unspecified atom stereocenters. The van der Waals surface area contributed by atoms with Crippen LogP contribution in [0.3, 0.4) is 0 Å². The van der Waals surface area contributed by atoms with Crippen LogP contribution in [-0.4, -0.2) is 24.9 Å². The van der Waals surface area contributed by atoms with Gasteiger partial charge in [0.05, 0.1) is 0 Å². The van der Waals surface area contributed by atoms with Crippen LogP contribution >= 0.6 is 0 Å². The molecule has 0 N–H and O–H groups in total. The highest BCUT2D eigenvalue weighted by Crippen LogP contribution is 2.37. The van der Waals surface area contributed by atoms with Gasteiger partial charge in [-0.05, 0) is 36.5 Å². The van der Waals surface area contributed by atoms with Crippen LogP contribution in [0.2, 0.25) is 0 Å². The number of hydrogen-bond acceptors (Lipinski definition) is 1. The van der Waals surface area contributed by atoms with E-state index in [1.165, 1.54) is 32.1 Å². The van der Waals surface area contributed by atoms with Gasteiger partial charge in [0.25, 0.3) is 0 Å². The van der Waals surface area contributed by atoms with Crippen molar-refractivity contribution < 1.29 is 4.79 Å². The van der Waals surface area contributed by atoms with Gasteiger partial charge in [-0.2, -0.15) is 0 Å². The van der Waals surface area contributed by atoms with E-state index < -0.39 is 0 Å². The summed E-state index contributed by atoms with van der Waals surface area (Å²) in [6.45, 7) is 6.96. The van der Waals surface area contributed by atoms with Crippen LogP contribution in [0.15, 0.2) is 0 Å². The van der Waals surface area contributed by atoms with Gasteiger partial charge in [-0.15, -0.1) is 0 Å². The van der Waals surface area contributed by atoms with E-state index >= 15 is 0 Å². The Labute approximate surface area is 107 Å². The largest absolute Gasteiger partial charge is 0.349 e. The van der Waals surface area contributed by atoms with Gasteiger partial charge in [-0.1, -0.05) is 33.6 Å². The maximum absolute atomic E-state index is 11.7. The van der Waals surface area contributed by atoms with Crippen LogP contribution < -0.4 is 0 Å². The normalized spacial score (nSPS) is 25.7. The van der Waals surface area contributed by atoms with Crippen LogP contribution in [-0.2, 0) is 4.79 Å². The number of carbonyl (C=O) groups is 1. The average molecular weight is 239 g/mol. The second kappa shape index (κ2) is 5.88. The van der Waals surface area contributed by atoms with Crippen molar-refractivity contribution in [2.24, 2.45) is 17.3 Å². The molecule has 17 heavy (non-hydrogen) atoms. The molecule has 0 bridgehead atoms. The fourth-order valence-corrected chi connectivity index (χ4v) is 3.07. The molecule has 0 saturated heterocycles. The molecule has 0 aliphatic heterocycles. The third-order valence-electron chi connectivity index (χ3n) is 3.75. The molecule has 1 fully saturated rings. The Bertz CT molecular complexity index is 252. The highest BCUT2D eigenvalue weighted by molar-refractivity contribution is 5.75. The predicted molar refractivity (Wildman–Crippen MR) is 72.8 cm³/mol. The monoisotopic (exact) mass is 239 g/mol. The van der Waals surface area contributed by atoms with E-state index in [-0.39, 0.29) is 0 Å². The summed E-state index contributed by atoms with van der Waals surface area (Å²) in [6.07, 6.45) is 7.25. The SMILES string of the molecule is CN(C)C(=O)CC1CCCC(CC(C)(C)C)C1. The van der Waals surface area contributed by atoms with Crippen molar-refractivity contribution in [3.05, 3.63) is 0 Å². The second-order valence-corrected chi connectivity index (χ2v) is 7.16. The Balaban J connectivity index is 2.41. The van der Waals surface area contributed by atoms with Crippen molar-refractivity contribution in [3.8, 4) is 0 Å². The molecule has 0 spiro atoms. The van der Waals surface area contributed by atoms with Crippen molar-refractivity contribution in [2.75, 3.05) is 14.1 Å². The molecule has 0 aromatic carbocycles. The zero-order valence-electron chi connectivity index (χ0n) is 12.3. The Morgan fingerprint density at radius 3 is 2.29 bits per heavy atom. The molecule has 0 radical (unpaired) electrons. The van der Waals surface area contributed by atoms with Gasteiger partial charge in [0.15, 0.2) is 0 Å². The van der Waals surface area contributed by atoms with Crippen molar-refractivity contribution >= 4 is 5.91 Å². The van der Waals surface area contributed by atoms with Crippen molar-refractivity contribution in [2.45, 2.75) is 59.3 Å². The van der Waals surface area contributed by atoms with E-state index in [1.807, 2.05) is 14.1 Å². The molecule has 1 rings (SSSR count). The lowest BCUT2D eigenvalue weighted by atomic mass is 9.73. The predicted octanol–water partition coefficient (Wildman–Crippen LogP) is 3.71. The van der Waals surface area contributed by atoms with Crippen LogP contribution in [0.25, 0.3) is 0 Å². The molecule has 2 heteroatoms. The third-order valence-corrected chi connectivity index (χ3v) is 3.75. The third kappa shape index (κ3) is 5.56. The fourth-order valence-electron chi connectivity index (χ4n) is 3.07. The summed E-state index contributed by atoms with van der Waals surface area (Å²) in [4.78, 5) is 13.5. The van der Waals surface area contributed by atoms with Gasteiger partial charge < -0.3 is 4.90 Å². The lowest BCUT2D eigenvalue weighted by Gasteiger charge is -2.33. The van der Waals surface area contributed by atoms with Crippen LogP contribution in [0, 0.1) is 17.3 Å². The van der Waals surface area contributed by atoms with E-state index in [0.29, 0.717) is 17.2 Å². The summed E-state index contributed by atoms with van der Waals surface area (Å²) in [6, 6.07) is 0. The molecule has 1 saturated carbocycles. The summed E-state index contributed by atoms with van der Waals surface area (Å²) in [5, 5.41) is 0. The van der Waals surface area contributed by atoms with Crippen molar-refractivity contribution in [1.29, 1.82) is 0 Å². The van der Waals surface area contributed by atoms with Gasteiger partial charge in [0.2, 0.25) is 5.91 Å². The molecule has 1 aliphatic rings. The lowest BCUT2D eigenvalue weighted by Crippen LogP contribution is -2.27. The molecule has 100 valence electrons. The van der Waals surface area contributed by atoms with Gasteiger partial charge in [0, 0.05) is 20.5 Å². The number of hydrogen-bond donors (Lipinski definition) is 0. The highest BCUT2D eigenvalue weighted by Gasteiger charge is 2.27. The van der Waals surface area contributed by atoms with E-state index in [1.54, 1.807) is 4.90 Å². The molecule has 1 aliphatic carbocycles. The summed E-state index contributed by atoms with van der Waals surface area (Å²) in [5.41, 5.74) is 0.429. The first-order chi connectivity index (χ1) is 7.78. The number of amides is 1. The minimum absolute atomic E-state index is 0.298. The second-order valence-electron chi connectivity index (χ2n) is 7.16. The Hall–Kier alpha value is -0.530. The zero-order valence-corrected chi connectivity index (χ0v) is 12.3. The Kier molecular flexibility index (Phi) is 5.03. The molecule has 2 atom stereocenters. The first-order valence-electron chi connectivity index (χ1n) is 6.98. The molecular weight excluding hydrogens is 210 g/mol. The minimum atomic E-state index is 0.298. The van der Waals surface area contributed by atoms with E-state index in [4.69, 9.17) is 0 Å². The quantitative estimate of drug-likeness (QED) is 0.735. The highest BCUT2D eigenvalue weighted by atomic mass is 16.2. The first-order valence-corrected chi connectivity index (χ1v) is 6.98. The van der Waals surface area contributed by atoms with Gasteiger partial charge in [-0.25, -0.2) is 0 Å². The van der Waals surface area contributed by atoms with Crippen molar-refractivity contribution in [3.63, 3.8) is 0 Å². The number of rotatable bonds is 3. The topological polar surface area (TPSA) is 20.3 Å². The van der Waals surface area contributed by atoms with E-state index in [2.05, 4.69) is 20.8 Å². The smallest absolute Gasteiger partial charge is 0.222 e. The summed E-state index contributed by atoms with van der Waals surface area (Å²) >= 11 is 0. The maximum Gasteiger partial charge on any atom is 0.222 e. The van der Waals surface area contributed by atoms with Gasteiger partial charge >= 0.3 is 0 Å². The average Bonchev–Trinajstić information content (AvgIpc) is 2.15. The van der Waals surface area contributed by atoms with Crippen LogP contribution in [0.5, 0.6) is 0 Å². The first kappa shape index (κ1) is 14.5. The van der Waals surface area contributed by atoms with E-state index in [0.717, 1.165) is 12.3 Å². The number of carbonyl (C=O) groups excluding carboxylic acids is 1.